The second-order valence-corrected chi connectivity index (χ2v) is 2.97. The molecule has 0 bridgehead atoms. The molecule has 0 spiro atoms. The van der Waals surface area contributed by atoms with E-state index in [1.807, 2.05) is 13.8 Å². The Morgan fingerprint density at radius 3 is 2.33 bits per heavy atom. The summed E-state index contributed by atoms with van der Waals surface area (Å²) in [6, 6.07) is 0. The lowest BCUT2D eigenvalue weighted by molar-refractivity contribution is -0.141. The van der Waals surface area contributed by atoms with E-state index in [1.54, 1.807) is 0 Å². The quantitative estimate of drug-likeness (QED) is 0.454. The number of esters is 1. The maximum Gasteiger partial charge on any atom is 0.302 e. The maximum atomic E-state index is 10.3. The van der Waals surface area contributed by atoms with Crippen molar-refractivity contribution in [3.05, 3.63) is 0 Å². The van der Waals surface area contributed by atoms with Gasteiger partial charge in [-0.25, -0.2) is 0 Å². The molecule has 12 heavy (non-hydrogen) atoms. The minimum atomic E-state index is -0.209. The predicted molar refractivity (Wildman–Crippen MR) is 47.0 cm³/mol. The average Bonchev–Trinajstić information content (AvgIpc) is 1.95. The van der Waals surface area contributed by atoms with Gasteiger partial charge in [0.2, 0.25) is 0 Å². The van der Waals surface area contributed by atoms with Crippen LogP contribution in [0, 0.1) is 0 Å². The van der Waals surface area contributed by atoms with Crippen LogP contribution < -0.4 is 0 Å². The molecule has 0 saturated carbocycles. The van der Waals surface area contributed by atoms with Gasteiger partial charge in [0.1, 0.15) is 0 Å². The van der Waals surface area contributed by atoms with Crippen molar-refractivity contribution in [1.29, 1.82) is 0 Å². The number of hydrogen-bond donors (Lipinski definition) is 0. The van der Waals surface area contributed by atoms with Gasteiger partial charge in [-0.2, -0.15) is 0 Å². The van der Waals surface area contributed by atoms with Crippen LogP contribution in [0.1, 0.15) is 33.6 Å². The molecular weight excluding hydrogens is 156 g/mol. The van der Waals surface area contributed by atoms with Gasteiger partial charge in [0.15, 0.2) is 0 Å². The van der Waals surface area contributed by atoms with Crippen LogP contribution in [0.25, 0.3) is 0 Å². The summed E-state index contributed by atoms with van der Waals surface area (Å²) in [4.78, 5) is 10.3. The second kappa shape index (κ2) is 7.10. The van der Waals surface area contributed by atoms with Crippen molar-refractivity contribution in [2.24, 2.45) is 0 Å². The molecule has 0 unspecified atom stereocenters. The molecule has 3 heteroatoms. The van der Waals surface area contributed by atoms with E-state index in [4.69, 9.17) is 9.47 Å². The second-order valence-electron chi connectivity index (χ2n) is 2.97. The van der Waals surface area contributed by atoms with Gasteiger partial charge in [-0.15, -0.1) is 0 Å². The Labute approximate surface area is 74.0 Å². The summed E-state index contributed by atoms with van der Waals surface area (Å²) in [5.74, 6) is -0.209. The first-order valence-electron chi connectivity index (χ1n) is 4.38. The lowest BCUT2D eigenvalue weighted by Crippen LogP contribution is -2.06. The summed E-state index contributed by atoms with van der Waals surface area (Å²) < 4.78 is 10.1. The molecule has 0 fully saturated rings. The van der Waals surface area contributed by atoms with E-state index in [0.29, 0.717) is 12.7 Å². The van der Waals surface area contributed by atoms with Gasteiger partial charge in [0, 0.05) is 13.5 Å². The molecule has 0 aliphatic carbocycles. The lowest BCUT2D eigenvalue weighted by atomic mass is 10.3. The van der Waals surface area contributed by atoms with Gasteiger partial charge < -0.3 is 9.47 Å². The number of carbonyl (C=O) groups is 1. The zero-order valence-corrected chi connectivity index (χ0v) is 8.13. The lowest BCUT2D eigenvalue weighted by Gasteiger charge is -2.06. The molecule has 3 nitrogen and oxygen atoms in total. The van der Waals surface area contributed by atoms with Gasteiger partial charge in [-0.05, 0) is 26.7 Å². The SMILES string of the molecule is CC(=O)OCCCCOC(C)C. The highest BCUT2D eigenvalue weighted by Crippen LogP contribution is 1.94. The summed E-state index contributed by atoms with van der Waals surface area (Å²) in [7, 11) is 0. The van der Waals surface area contributed by atoms with Crippen molar-refractivity contribution in [3.8, 4) is 0 Å². The predicted octanol–water partition coefficient (Wildman–Crippen LogP) is 1.75. The van der Waals surface area contributed by atoms with E-state index >= 15 is 0 Å². The fourth-order valence-electron chi connectivity index (χ4n) is 0.739. The highest BCUT2D eigenvalue weighted by molar-refractivity contribution is 5.65. The van der Waals surface area contributed by atoms with Crippen LogP contribution in [0.3, 0.4) is 0 Å². The van der Waals surface area contributed by atoms with Crippen LogP contribution in [0.4, 0.5) is 0 Å². The summed E-state index contributed by atoms with van der Waals surface area (Å²) in [6.45, 7) is 6.69. The van der Waals surface area contributed by atoms with E-state index in [0.717, 1.165) is 19.4 Å². The highest BCUT2D eigenvalue weighted by atomic mass is 16.5. The molecule has 0 rings (SSSR count). The average molecular weight is 174 g/mol. The molecule has 0 aliphatic rings. The molecule has 0 aromatic rings. The van der Waals surface area contributed by atoms with Crippen LogP contribution in [0.2, 0.25) is 0 Å². The molecular formula is C9H18O3. The first-order chi connectivity index (χ1) is 5.63. The molecule has 0 aromatic heterocycles. The first-order valence-corrected chi connectivity index (χ1v) is 4.38. The number of rotatable bonds is 6. The van der Waals surface area contributed by atoms with Gasteiger partial charge >= 0.3 is 5.97 Å². The fraction of sp³-hybridized carbons (Fsp3) is 0.889. The van der Waals surface area contributed by atoms with Crippen molar-refractivity contribution in [2.45, 2.75) is 39.7 Å². The minimum absolute atomic E-state index is 0.209. The van der Waals surface area contributed by atoms with Crippen LogP contribution in [-0.4, -0.2) is 25.3 Å². The Hall–Kier alpha value is -0.570. The van der Waals surface area contributed by atoms with Crippen molar-refractivity contribution in [2.75, 3.05) is 13.2 Å². The Morgan fingerprint density at radius 2 is 1.83 bits per heavy atom. The first kappa shape index (κ1) is 11.4. The summed E-state index contributed by atoms with van der Waals surface area (Å²) in [5.41, 5.74) is 0. The van der Waals surface area contributed by atoms with E-state index in [1.165, 1.54) is 6.92 Å². The van der Waals surface area contributed by atoms with Crippen molar-refractivity contribution < 1.29 is 14.3 Å². The van der Waals surface area contributed by atoms with Crippen LogP contribution in [-0.2, 0) is 14.3 Å². The summed E-state index contributed by atoms with van der Waals surface area (Å²) in [5, 5.41) is 0. The van der Waals surface area contributed by atoms with Crippen LogP contribution in [0.15, 0.2) is 0 Å². The summed E-state index contributed by atoms with van der Waals surface area (Å²) >= 11 is 0. The van der Waals surface area contributed by atoms with Crippen LogP contribution >= 0.6 is 0 Å². The molecule has 0 aliphatic heterocycles. The zero-order valence-electron chi connectivity index (χ0n) is 8.13. The molecule has 0 saturated heterocycles. The number of unbranched alkanes of at least 4 members (excludes halogenated alkanes) is 1. The minimum Gasteiger partial charge on any atom is -0.466 e. The summed E-state index contributed by atoms with van der Waals surface area (Å²) in [6.07, 6.45) is 2.12. The van der Waals surface area contributed by atoms with Gasteiger partial charge in [-0.1, -0.05) is 0 Å². The van der Waals surface area contributed by atoms with E-state index in [2.05, 4.69) is 0 Å². The molecule has 0 atom stereocenters. The van der Waals surface area contributed by atoms with Gasteiger partial charge in [0.25, 0.3) is 0 Å². The smallest absolute Gasteiger partial charge is 0.302 e. The molecule has 0 heterocycles. The molecule has 0 amide bonds. The third kappa shape index (κ3) is 9.43. The fourth-order valence-corrected chi connectivity index (χ4v) is 0.739. The molecule has 0 radical (unpaired) electrons. The maximum absolute atomic E-state index is 10.3. The van der Waals surface area contributed by atoms with Crippen molar-refractivity contribution in [1.82, 2.24) is 0 Å². The third-order valence-electron chi connectivity index (χ3n) is 1.30. The Bertz CT molecular complexity index is 121. The van der Waals surface area contributed by atoms with E-state index in [-0.39, 0.29) is 5.97 Å². The number of hydrogen-bond acceptors (Lipinski definition) is 3. The van der Waals surface area contributed by atoms with Crippen molar-refractivity contribution in [3.63, 3.8) is 0 Å². The monoisotopic (exact) mass is 174 g/mol. The van der Waals surface area contributed by atoms with Crippen molar-refractivity contribution >= 4 is 5.97 Å². The number of ether oxygens (including phenoxy) is 2. The van der Waals surface area contributed by atoms with Gasteiger partial charge in [0.05, 0.1) is 12.7 Å². The Kier molecular flexibility index (Phi) is 6.76. The standard InChI is InChI=1S/C9H18O3/c1-8(2)11-6-4-5-7-12-9(3)10/h8H,4-7H2,1-3H3. The topological polar surface area (TPSA) is 35.5 Å². The molecule has 0 aromatic carbocycles. The zero-order chi connectivity index (χ0) is 9.40. The van der Waals surface area contributed by atoms with Gasteiger partial charge in [-0.3, -0.25) is 4.79 Å². The van der Waals surface area contributed by atoms with E-state index in [9.17, 15) is 4.79 Å². The largest absolute Gasteiger partial charge is 0.466 e. The molecule has 0 N–H and O–H groups in total. The Balaban J connectivity index is 2.96. The number of carbonyl (C=O) groups excluding carboxylic acids is 1. The van der Waals surface area contributed by atoms with Crippen LogP contribution in [0.5, 0.6) is 0 Å². The molecule has 72 valence electrons. The normalized spacial score (nSPS) is 10.3. The Morgan fingerprint density at radius 1 is 1.25 bits per heavy atom. The highest BCUT2D eigenvalue weighted by Gasteiger charge is 1.94. The third-order valence-corrected chi connectivity index (χ3v) is 1.30. The van der Waals surface area contributed by atoms with E-state index < -0.39 is 0 Å².